The Labute approximate surface area is 167 Å². The maximum absolute atomic E-state index is 13.0. The van der Waals surface area contributed by atoms with Crippen molar-refractivity contribution in [1.29, 1.82) is 0 Å². The second kappa shape index (κ2) is 8.93. The van der Waals surface area contributed by atoms with E-state index in [2.05, 4.69) is 4.99 Å². The van der Waals surface area contributed by atoms with Crippen molar-refractivity contribution in [2.24, 2.45) is 4.99 Å². The van der Waals surface area contributed by atoms with Crippen LogP contribution in [-0.2, 0) is 11.4 Å². The van der Waals surface area contributed by atoms with Gasteiger partial charge in [0.2, 0.25) is 0 Å². The molecule has 1 aliphatic rings. The van der Waals surface area contributed by atoms with Crippen LogP contribution >= 0.6 is 11.8 Å². The van der Waals surface area contributed by atoms with Gasteiger partial charge in [0.25, 0.3) is 5.91 Å². The minimum Gasteiger partial charge on any atom is -0.490 e. The summed E-state index contributed by atoms with van der Waals surface area (Å²) in [5.74, 6) is 0.816. The quantitative estimate of drug-likeness (QED) is 0.677. The van der Waals surface area contributed by atoms with E-state index in [1.807, 2.05) is 31.2 Å². The number of hydrogen-bond donors (Lipinski definition) is 0. The van der Waals surface area contributed by atoms with Gasteiger partial charge in [-0.1, -0.05) is 18.2 Å². The largest absolute Gasteiger partial charge is 0.490 e. The Hall–Kier alpha value is -2.80. The molecule has 3 rings (SSSR count). The van der Waals surface area contributed by atoms with Crippen LogP contribution in [0.1, 0.15) is 18.1 Å². The molecular weight excluding hydrogens is 379 g/mol. The number of nitrogens with zero attached hydrogens (tertiary/aromatic N) is 2. The van der Waals surface area contributed by atoms with Gasteiger partial charge in [-0.05, 0) is 60.2 Å². The first kappa shape index (κ1) is 19.9. The Morgan fingerprint density at radius 2 is 1.89 bits per heavy atom. The van der Waals surface area contributed by atoms with Gasteiger partial charge >= 0.3 is 0 Å². The molecule has 1 aliphatic heterocycles. The van der Waals surface area contributed by atoms with E-state index < -0.39 is 0 Å². The number of aliphatic imine (C=N–C) groups is 1. The standard InChI is InChI=1S/C21H21FN2O3S/c1-4-26-18-11-15(12-19-20(25)24(3)21(23-2)28-19)7-10-17(18)27-13-14-5-8-16(22)9-6-14/h5-12H,4,13H2,1-3H3/b19-12-,23-21?. The Morgan fingerprint density at radius 3 is 2.54 bits per heavy atom. The summed E-state index contributed by atoms with van der Waals surface area (Å²) in [6, 6.07) is 11.7. The fraction of sp³-hybridized carbons (Fsp3) is 0.238. The molecule has 0 aromatic heterocycles. The van der Waals surface area contributed by atoms with Crippen molar-refractivity contribution >= 4 is 28.9 Å². The predicted octanol–water partition coefficient (Wildman–Crippen LogP) is 4.34. The fourth-order valence-electron chi connectivity index (χ4n) is 2.64. The van der Waals surface area contributed by atoms with Crippen LogP contribution in [0.15, 0.2) is 52.4 Å². The second-order valence-electron chi connectivity index (χ2n) is 6.04. The number of halogens is 1. The average molecular weight is 400 g/mol. The summed E-state index contributed by atoms with van der Waals surface area (Å²) in [7, 11) is 3.37. The Balaban J connectivity index is 1.80. The third kappa shape index (κ3) is 4.54. The maximum atomic E-state index is 13.0. The van der Waals surface area contributed by atoms with Crippen LogP contribution in [0, 0.1) is 5.82 Å². The van der Waals surface area contributed by atoms with Crippen molar-refractivity contribution < 1.29 is 18.7 Å². The molecule has 0 saturated carbocycles. The predicted molar refractivity (Wildman–Crippen MR) is 110 cm³/mol. The number of carbonyl (C=O) groups is 1. The summed E-state index contributed by atoms with van der Waals surface area (Å²) in [5.41, 5.74) is 1.69. The first-order valence-corrected chi connectivity index (χ1v) is 9.62. The Morgan fingerprint density at radius 1 is 1.14 bits per heavy atom. The zero-order chi connectivity index (χ0) is 20.1. The highest BCUT2D eigenvalue weighted by molar-refractivity contribution is 8.18. The van der Waals surface area contributed by atoms with Gasteiger partial charge in [0.15, 0.2) is 16.7 Å². The van der Waals surface area contributed by atoms with Crippen LogP contribution in [0.3, 0.4) is 0 Å². The van der Waals surface area contributed by atoms with Crippen LogP contribution in [0.5, 0.6) is 11.5 Å². The number of benzene rings is 2. The molecule has 0 spiro atoms. The summed E-state index contributed by atoms with van der Waals surface area (Å²) in [4.78, 5) is 18.5. The van der Waals surface area contributed by atoms with Crippen LogP contribution in [0.4, 0.5) is 4.39 Å². The number of amidine groups is 1. The fourth-order valence-corrected chi connectivity index (χ4v) is 3.57. The molecule has 5 nitrogen and oxygen atoms in total. The molecule has 1 saturated heterocycles. The number of ether oxygens (including phenoxy) is 2. The van der Waals surface area contributed by atoms with E-state index in [4.69, 9.17) is 9.47 Å². The lowest BCUT2D eigenvalue weighted by Crippen LogP contribution is -2.23. The summed E-state index contributed by atoms with van der Waals surface area (Å²) in [5, 5.41) is 0.667. The van der Waals surface area contributed by atoms with E-state index in [-0.39, 0.29) is 11.7 Å². The second-order valence-corrected chi connectivity index (χ2v) is 7.04. The number of rotatable bonds is 6. The van der Waals surface area contributed by atoms with Crippen molar-refractivity contribution in [1.82, 2.24) is 4.90 Å². The normalized spacial score (nSPS) is 16.9. The van der Waals surface area contributed by atoms with E-state index in [1.165, 1.54) is 28.8 Å². The minimum atomic E-state index is -0.280. The first-order chi connectivity index (χ1) is 13.5. The lowest BCUT2D eigenvalue weighted by Gasteiger charge is -2.13. The van der Waals surface area contributed by atoms with Crippen LogP contribution in [0.25, 0.3) is 6.08 Å². The molecular formula is C21H21FN2O3S. The van der Waals surface area contributed by atoms with E-state index in [0.717, 1.165) is 11.1 Å². The van der Waals surface area contributed by atoms with Crippen LogP contribution in [0.2, 0.25) is 0 Å². The minimum absolute atomic E-state index is 0.0832. The highest BCUT2D eigenvalue weighted by atomic mass is 32.2. The molecule has 1 amide bonds. The lowest BCUT2D eigenvalue weighted by molar-refractivity contribution is -0.121. The zero-order valence-corrected chi connectivity index (χ0v) is 16.8. The monoisotopic (exact) mass is 400 g/mol. The third-order valence-corrected chi connectivity index (χ3v) is 5.22. The topological polar surface area (TPSA) is 51.1 Å². The number of carbonyl (C=O) groups excluding carboxylic acids is 1. The summed E-state index contributed by atoms with van der Waals surface area (Å²) in [6.45, 7) is 2.68. The van der Waals surface area contributed by atoms with Crippen molar-refractivity contribution in [3.63, 3.8) is 0 Å². The molecule has 1 heterocycles. The van der Waals surface area contributed by atoms with Gasteiger partial charge in [0.1, 0.15) is 12.4 Å². The first-order valence-electron chi connectivity index (χ1n) is 8.80. The van der Waals surface area contributed by atoms with Crippen molar-refractivity contribution in [3.8, 4) is 11.5 Å². The van der Waals surface area contributed by atoms with Gasteiger partial charge in [0, 0.05) is 14.1 Å². The van der Waals surface area contributed by atoms with Crippen LogP contribution < -0.4 is 9.47 Å². The van der Waals surface area contributed by atoms with Crippen molar-refractivity contribution in [3.05, 3.63) is 64.3 Å². The molecule has 7 heteroatoms. The van der Waals surface area contributed by atoms with Gasteiger partial charge in [-0.25, -0.2) is 4.39 Å². The van der Waals surface area contributed by atoms with E-state index in [1.54, 1.807) is 26.2 Å². The number of hydrogen-bond acceptors (Lipinski definition) is 5. The average Bonchev–Trinajstić information content (AvgIpc) is 2.97. The molecule has 0 unspecified atom stereocenters. The van der Waals surface area contributed by atoms with E-state index in [9.17, 15) is 9.18 Å². The summed E-state index contributed by atoms with van der Waals surface area (Å²) in [6.07, 6.45) is 1.81. The molecule has 0 radical (unpaired) electrons. The molecule has 2 aromatic carbocycles. The summed E-state index contributed by atoms with van der Waals surface area (Å²) >= 11 is 1.34. The van der Waals surface area contributed by atoms with E-state index in [0.29, 0.717) is 34.8 Å². The third-order valence-electron chi connectivity index (χ3n) is 4.07. The zero-order valence-electron chi connectivity index (χ0n) is 15.9. The number of likely N-dealkylation sites (N-methyl/N-ethyl adjacent to an activating group) is 1. The molecule has 0 N–H and O–H groups in total. The Bertz CT molecular complexity index is 926. The van der Waals surface area contributed by atoms with Gasteiger partial charge in [-0.3, -0.25) is 14.7 Å². The van der Waals surface area contributed by atoms with Gasteiger partial charge < -0.3 is 9.47 Å². The molecule has 1 fully saturated rings. The van der Waals surface area contributed by atoms with E-state index >= 15 is 0 Å². The van der Waals surface area contributed by atoms with Crippen LogP contribution in [-0.4, -0.2) is 36.7 Å². The SMILES string of the molecule is CCOc1cc(/C=C2\SC(=NC)N(C)C2=O)ccc1OCc1ccc(F)cc1. The number of thioether (sulfide) groups is 1. The van der Waals surface area contributed by atoms with Gasteiger partial charge in [-0.2, -0.15) is 0 Å². The maximum Gasteiger partial charge on any atom is 0.266 e. The highest BCUT2D eigenvalue weighted by Crippen LogP contribution is 2.34. The van der Waals surface area contributed by atoms with Crippen molar-refractivity contribution in [2.45, 2.75) is 13.5 Å². The smallest absolute Gasteiger partial charge is 0.266 e. The Kier molecular flexibility index (Phi) is 6.36. The molecule has 0 aliphatic carbocycles. The number of amides is 1. The molecule has 28 heavy (non-hydrogen) atoms. The molecule has 0 bridgehead atoms. The molecule has 146 valence electrons. The van der Waals surface area contributed by atoms with Gasteiger partial charge in [0.05, 0.1) is 11.5 Å². The highest BCUT2D eigenvalue weighted by Gasteiger charge is 2.29. The molecule has 0 atom stereocenters. The lowest BCUT2D eigenvalue weighted by atomic mass is 10.1. The van der Waals surface area contributed by atoms with Crippen molar-refractivity contribution in [2.75, 3.05) is 20.7 Å². The summed E-state index contributed by atoms with van der Waals surface area (Å²) < 4.78 is 24.6. The van der Waals surface area contributed by atoms with Gasteiger partial charge in [-0.15, -0.1) is 0 Å². The molecule has 2 aromatic rings.